The summed E-state index contributed by atoms with van der Waals surface area (Å²) in [6.45, 7) is 1.71. The lowest BCUT2D eigenvalue weighted by Crippen LogP contribution is -2.35. The van der Waals surface area contributed by atoms with Crippen molar-refractivity contribution in [1.82, 2.24) is 24.9 Å². The lowest BCUT2D eigenvalue weighted by molar-refractivity contribution is 0.411. The predicted octanol–water partition coefficient (Wildman–Crippen LogP) is 3.46. The van der Waals surface area contributed by atoms with Gasteiger partial charge in [-0.2, -0.15) is 0 Å². The Morgan fingerprint density at radius 2 is 1.93 bits per heavy atom. The largest absolute Gasteiger partial charge is 0.440 e. The van der Waals surface area contributed by atoms with Gasteiger partial charge in [0.25, 0.3) is 0 Å². The number of hydrogen-bond acceptors (Lipinski definition) is 7. The van der Waals surface area contributed by atoms with Crippen LogP contribution in [0.3, 0.4) is 0 Å². The second-order valence-corrected chi connectivity index (χ2v) is 6.64. The molecule has 1 aliphatic rings. The van der Waals surface area contributed by atoms with Crippen LogP contribution >= 0.6 is 0 Å². The van der Waals surface area contributed by atoms with Gasteiger partial charge in [0, 0.05) is 31.7 Å². The molecule has 0 saturated carbocycles. The maximum Gasteiger partial charge on any atom is 0.225 e. The van der Waals surface area contributed by atoms with Crippen molar-refractivity contribution in [3.8, 4) is 11.4 Å². The average Bonchev–Trinajstić information content (AvgIpc) is 3.19. The zero-order chi connectivity index (χ0) is 18.1. The summed E-state index contributed by atoms with van der Waals surface area (Å²) in [6, 6.07) is 9.75. The molecule has 0 aliphatic carbocycles. The van der Waals surface area contributed by atoms with E-state index in [2.05, 4.69) is 24.8 Å². The third-order valence-electron chi connectivity index (χ3n) is 4.83. The maximum absolute atomic E-state index is 5.99. The van der Waals surface area contributed by atoms with Crippen LogP contribution in [0.1, 0.15) is 24.7 Å². The van der Waals surface area contributed by atoms with E-state index in [0.29, 0.717) is 5.95 Å². The zero-order valence-electron chi connectivity index (χ0n) is 14.7. The van der Waals surface area contributed by atoms with E-state index in [0.717, 1.165) is 54.3 Å². The molecule has 1 aromatic carbocycles. The normalized spacial score (nSPS) is 17.3. The monoisotopic (exact) mass is 358 g/mol. The Bertz CT molecular complexity index is 1030. The molecule has 0 radical (unpaired) electrons. The standard InChI is InChI=1S/C20H18N6O/c1-2-6-18-16(5-1)24-19(27-18)14-4-3-11-26(13-14)20-23-8-7-15(25-20)17-12-21-9-10-22-17/h1-2,5-10,12,14H,3-4,11,13H2. The number of oxazole rings is 1. The molecule has 5 rings (SSSR count). The first kappa shape index (κ1) is 15.9. The SMILES string of the molecule is c1ccc2oc(C3CCCN(c4nccc(-c5cnccn5)n4)C3)nc2c1. The van der Waals surface area contributed by atoms with Crippen LogP contribution in [-0.2, 0) is 0 Å². The van der Waals surface area contributed by atoms with Crippen molar-refractivity contribution in [2.24, 2.45) is 0 Å². The van der Waals surface area contributed by atoms with Gasteiger partial charge in [0.05, 0.1) is 17.8 Å². The highest BCUT2D eigenvalue weighted by Gasteiger charge is 2.27. The summed E-state index contributed by atoms with van der Waals surface area (Å²) in [4.78, 5) is 24.5. The number of fused-ring (bicyclic) bond motifs is 1. The summed E-state index contributed by atoms with van der Waals surface area (Å²) in [5, 5.41) is 0. The second kappa shape index (κ2) is 6.75. The highest BCUT2D eigenvalue weighted by atomic mass is 16.3. The Balaban J connectivity index is 1.41. The summed E-state index contributed by atoms with van der Waals surface area (Å²) < 4.78 is 5.99. The molecular formula is C20H18N6O. The summed E-state index contributed by atoms with van der Waals surface area (Å²) >= 11 is 0. The van der Waals surface area contributed by atoms with Crippen molar-refractivity contribution in [2.45, 2.75) is 18.8 Å². The van der Waals surface area contributed by atoms with Gasteiger partial charge in [0.15, 0.2) is 11.5 Å². The van der Waals surface area contributed by atoms with E-state index in [1.54, 1.807) is 24.8 Å². The molecule has 134 valence electrons. The second-order valence-electron chi connectivity index (χ2n) is 6.64. The molecule has 1 fully saturated rings. The first-order valence-corrected chi connectivity index (χ1v) is 9.07. The van der Waals surface area contributed by atoms with Crippen molar-refractivity contribution in [2.75, 3.05) is 18.0 Å². The molecule has 0 spiro atoms. The van der Waals surface area contributed by atoms with Gasteiger partial charge in [0.2, 0.25) is 5.95 Å². The average molecular weight is 358 g/mol. The third-order valence-corrected chi connectivity index (χ3v) is 4.83. The Morgan fingerprint density at radius 1 is 0.963 bits per heavy atom. The van der Waals surface area contributed by atoms with Crippen molar-refractivity contribution in [1.29, 1.82) is 0 Å². The molecule has 0 N–H and O–H groups in total. The minimum atomic E-state index is 0.231. The summed E-state index contributed by atoms with van der Waals surface area (Å²) in [7, 11) is 0. The molecule has 7 heteroatoms. The van der Waals surface area contributed by atoms with Crippen LogP contribution in [0.15, 0.2) is 59.5 Å². The minimum Gasteiger partial charge on any atom is -0.440 e. The lowest BCUT2D eigenvalue weighted by Gasteiger charge is -2.31. The van der Waals surface area contributed by atoms with Gasteiger partial charge in [-0.05, 0) is 31.0 Å². The molecular weight excluding hydrogens is 340 g/mol. The van der Waals surface area contributed by atoms with E-state index in [1.807, 2.05) is 30.3 Å². The number of anilines is 1. The molecule has 1 atom stereocenters. The van der Waals surface area contributed by atoms with Gasteiger partial charge in [0.1, 0.15) is 11.2 Å². The number of hydrogen-bond donors (Lipinski definition) is 0. The van der Waals surface area contributed by atoms with Gasteiger partial charge >= 0.3 is 0 Å². The van der Waals surface area contributed by atoms with Gasteiger partial charge < -0.3 is 9.32 Å². The van der Waals surface area contributed by atoms with Crippen LogP contribution in [0, 0.1) is 0 Å². The van der Waals surface area contributed by atoms with Crippen molar-refractivity contribution < 1.29 is 4.42 Å². The van der Waals surface area contributed by atoms with Crippen LogP contribution < -0.4 is 4.90 Å². The van der Waals surface area contributed by atoms with Crippen molar-refractivity contribution in [3.05, 3.63) is 61.0 Å². The number of rotatable bonds is 3. The van der Waals surface area contributed by atoms with E-state index in [1.165, 1.54) is 0 Å². The number of aromatic nitrogens is 5. The van der Waals surface area contributed by atoms with Gasteiger partial charge in [-0.25, -0.2) is 15.0 Å². The molecule has 27 heavy (non-hydrogen) atoms. The first-order chi connectivity index (χ1) is 13.4. The number of nitrogens with zero attached hydrogens (tertiary/aromatic N) is 6. The van der Waals surface area contributed by atoms with Crippen molar-refractivity contribution >= 4 is 17.0 Å². The lowest BCUT2D eigenvalue weighted by atomic mass is 9.98. The van der Waals surface area contributed by atoms with E-state index in [4.69, 9.17) is 9.40 Å². The molecule has 0 bridgehead atoms. The van der Waals surface area contributed by atoms with Gasteiger partial charge in [-0.1, -0.05) is 12.1 Å². The third kappa shape index (κ3) is 3.12. The fraction of sp³-hybridized carbons (Fsp3) is 0.250. The van der Waals surface area contributed by atoms with Crippen LogP contribution in [0.5, 0.6) is 0 Å². The van der Waals surface area contributed by atoms with E-state index < -0.39 is 0 Å². The topological polar surface area (TPSA) is 80.8 Å². The number of para-hydroxylation sites is 2. The van der Waals surface area contributed by atoms with Crippen LogP contribution in [0.2, 0.25) is 0 Å². The molecule has 1 aliphatic heterocycles. The highest BCUT2D eigenvalue weighted by Crippen LogP contribution is 2.30. The fourth-order valence-corrected chi connectivity index (χ4v) is 3.50. The molecule has 4 heterocycles. The van der Waals surface area contributed by atoms with Gasteiger partial charge in [-0.15, -0.1) is 0 Å². The van der Waals surface area contributed by atoms with Crippen LogP contribution in [0.25, 0.3) is 22.5 Å². The molecule has 3 aromatic heterocycles. The maximum atomic E-state index is 5.99. The number of benzene rings is 1. The minimum absolute atomic E-state index is 0.231. The Labute approximate surface area is 156 Å². The Morgan fingerprint density at radius 3 is 2.81 bits per heavy atom. The molecule has 0 amide bonds. The van der Waals surface area contributed by atoms with E-state index in [-0.39, 0.29) is 5.92 Å². The van der Waals surface area contributed by atoms with E-state index >= 15 is 0 Å². The quantitative estimate of drug-likeness (QED) is 0.555. The van der Waals surface area contributed by atoms with E-state index in [9.17, 15) is 0 Å². The summed E-state index contributed by atoms with van der Waals surface area (Å²) in [5.74, 6) is 1.74. The summed E-state index contributed by atoms with van der Waals surface area (Å²) in [5.41, 5.74) is 3.27. The van der Waals surface area contributed by atoms with Crippen LogP contribution in [0.4, 0.5) is 5.95 Å². The molecule has 1 unspecified atom stereocenters. The first-order valence-electron chi connectivity index (χ1n) is 9.07. The summed E-state index contributed by atoms with van der Waals surface area (Å²) in [6.07, 6.45) is 8.90. The zero-order valence-corrected chi connectivity index (χ0v) is 14.7. The Hall–Kier alpha value is -3.35. The van der Waals surface area contributed by atoms with Crippen LogP contribution in [-0.4, -0.2) is 38.0 Å². The molecule has 1 saturated heterocycles. The van der Waals surface area contributed by atoms with Gasteiger partial charge in [-0.3, -0.25) is 9.97 Å². The smallest absolute Gasteiger partial charge is 0.225 e. The number of piperidine rings is 1. The molecule has 4 aromatic rings. The molecule has 7 nitrogen and oxygen atoms in total. The Kier molecular flexibility index (Phi) is 3.97. The fourth-order valence-electron chi connectivity index (χ4n) is 3.50. The highest BCUT2D eigenvalue weighted by molar-refractivity contribution is 5.72. The van der Waals surface area contributed by atoms with Crippen molar-refractivity contribution in [3.63, 3.8) is 0 Å². The predicted molar refractivity (Wildman–Crippen MR) is 101 cm³/mol.